The molecule has 0 unspecified atom stereocenters. The molecule has 0 saturated carbocycles. The molecule has 1 aromatic rings. The average Bonchev–Trinajstić information content (AvgIpc) is 2.22. The first-order valence-electron chi connectivity index (χ1n) is 5.24. The molecule has 3 nitrogen and oxygen atoms in total. The first-order valence-corrected chi connectivity index (χ1v) is 5.62. The van der Waals surface area contributed by atoms with E-state index in [-0.39, 0.29) is 12.4 Å². The predicted octanol–water partition coefficient (Wildman–Crippen LogP) is 2.84. The Morgan fingerprint density at radius 3 is 2.62 bits per heavy atom. The van der Waals surface area contributed by atoms with Crippen LogP contribution in [-0.2, 0) is 16.0 Å². The van der Waals surface area contributed by atoms with E-state index in [0.29, 0.717) is 24.0 Å². The van der Waals surface area contributed by atoms with Gasteiger partial charge in [0.2, 0.25) is 0 Å². The molecule has 16 heavy (non-hydrogen) atoms. The third-order valence-electron chi connectivity index (χ3n) is 1.95. The molecule has 1 aromatic carbocycles. The van der Waals surface area contributed by atoms with Gasteiger partial charge in [-0.1, -0.05) is 17.7 Å². The number of benzene rings is 1. The van der Waals surface area contributed by atoms with Gasteiger partial charge in [-0.05, 0) is 31.5 Å². The maximum Gasteiger partial charge on any atom is 0.310 e. The van der Waals surface area contributed by atoms with Crippen LogP contribution in [0.15, 0.2) is 18.2 Å². The molecule has 1 rings (SSSR count). The fourth-order valence-corrected chi connectivity index (χ4v) is 1.56. The second kappa shape index (κ2) is 6.38. The zero-order valence-electron chi connectivity index (χ0n) is 9.46. The van der Waals surface area contributed by atoms with E-state index in [4.69, 9.17) is 21.1 Å². The van der Waals surface area contributed by atoms with Crippen LogP contribution in [0.4, 0.5) is 0 Å². The van der Waals surface area contributed by atoms with Crippen LogP contribution in [0.1, 0.15) is 19.4 Å². The van der Waals surface area contributed by atoms with E-state index in [1.54, 1.807) is 19.1 Å². The highest BCUT2D eigenvalue weighted by Gasteiger charge is 2.07. The molecule has 0 aliphatic rings. The fraction of sp³-hybridized carbons (Fsp3) is 0.417. The summed E-state index contributed by atoms with van der Waals surface area (Å²) in [5, 5.41) is 0.517. The molecule has 0 atom stereocenters. The summed E-state index contributed by atoms with van der Waals surface area (Å²) in [6.07, 6.45) is 0.236. The Hall–Kier alpha value is -1.22. The normalized spacial score (nSPS) is 9.94. The third-order valence-corrected chi connectivity index (χ3v) is 2.25. The van der Waals surface area contributed by atoms with Gasteiger partial charge in [0.05, 0.1) is 24.7 Å². The quantitative estimate of drug-likeness (QED) is 0.745. The van der Waals surface area contributed by atoms with Crippen LogP contribution >= 0.6 is 11.6 Å². The molecule has 0 fully saturated rings. The second-order valence-electron chi connectivity index (χ2n) is 3.18. The molecular formula is C12H15ClO3. The van der Waals surface area contributed by atoms with Crippen molar-refractivity contribution in [3.05, 3.63) is 28.8 Å². The largest absolute Gasteiger partial charge is 0.492 e. The van der Waals surface area contributed by atoms with Gasteiger partial charge in [0, 0.05) is 0 Å². The van der Waals surface area contributed by atoms with Gasteiger partial charge in [0.1, 0.15) is 5.75 Å². The first-order chi connectivity index (χ1) is 7.67. The van der Waals surface area contributed by atoms with Gasteiger partial charge in [-0.3, -0.25) is 4.79 Å². The number of halogens is 1. The van der Waals surface area contributed by atoms with Gasteiger partial charge in [-0.15, -0.1) is 0 Å². The minimum absolute atomic E-state index is 0.236. The van der Waals surface area contributed by atoms with Gasteiger partial charge in [0.25, 0.3) is 0 Å². The first kappa shape index (κ1) is 12.8. The van der Waals surface area contributed by atoms with Crippen molar-refractivity contribution in [3.8, 4) is 5.75 Å². The lowest BCUT2D eigenvalue weighted by atomic mass is 10.1. The van der Waals surface area contributed by atoms with E-state index in [1.165, 1.54) is 0 Å². The van der Waals surface area contributed by atoms with E-state index in [1.807, 2.05) is 13.0 Å². The molecule has 0 aliphatic heterocycles. The Balaban J connectivity index is 2.69. The smallest absolute Gasteiger partial charge is 0.310 e. The zero-order chi connectivity index (χ0) is 12.0. The van der Waals surface area contributed by atoms with Gasteiger partial charge in [-0.25, -0.2) is 0 Å². The Labute approximate surface area is 100 Å². The van der Waals surface area contributed by atoms with Crippen molar-refractivity contribution >= 4 is 17.6 Å². The van der Waals surface area contributed by atoms with E-state index in [9.17, 15) is 4.79 Å². The lowest BCUT2D eigenvalue weighted by molar-refractivity contribution is -0.142. The molecule has 0 saturated heterocycles. The van der Waals surface area contributed by atoms with Crippen LogP contribution in [-0.4, -0.2) is 19.2 Å². The Morgan fingerprint density at radius 2 is 2.06 bits per heavy atom. The minimum atomic E-state index is -0.247. The maximum absolute atomic E-state index is 11.2. The lowest BCUT2D eigenvalue weighted by Gasteiger charge is -2.07. The van der Waals surface area contributed by atoms with Crippen molar-refractivity contribution in [2.45, 2.75) is 20.3 Å². The number of rotatable bonds is 5. The lowest BCUT2D eigenvalue weighted by Crippen LogP contribution is -2.07. The number of carbonyl (C=O) groups is 1. The van der Waals surface area contributed by atoms with E-state index >= 15 is 0 Å². The number of esters is 1. The second-order valence-corrected chi connectivity index (χ2v) is 3.59. The van der Waals surface area contributed by atoms with Crippen molar-refractivity contribution in [1.29, 1.82) is 0 Å². The van der Waals surface area contributed by atoms with E-state index < -0.39 is 0 Å². The summed E-state index contributed by atoms with van der Waals surface area (Å²) in [7, 11) is 0. The fourth-order valence-electron chi connectivity index (χ4n) is 1.31. The van der Waals surface area contributed by atoms with Crippen molar-refractivity contribution in [2.24, 2.45) is 0 Å². The maximum atomic E-state index is 11.2. The number of hydrogen-bond acceptors (Lipinski definition) is 3. The van der Waals surface area contributed by atoms with Crippen molar-refractivity contribution in [3.63, 3.8) is 0 Å². The van der Waals surface area contributed by atoms with Gasteiger partial charge in [0.15, 0.2) is 0 Å². The molecule has 0 N–H and O–H groups in total. The Bertz CT molecular complexity index is 363. The molecule has 0 aromatic heterocycles. The molecule has 0 aliphatic carbocycles. The number of hydrogen-bond donors (Lipinski definition) is 0. The average molecular weight is 243 g/mol. The highest BCUT2D eigenvalue weighted by molar-refractivity contribution is 6.32. The summed E-state index contributed by atoms with van der Waals surface area (Å²) in [5.41, 5.74) is 0.826. The topological polar surface area (TPSA) is 35.5 Å². The zero-order valence-corrected chi connectivity index (χ0v) is 10.2. The molecule has 0 radical (unpaired) electrons. The number of ether oxygens (including phenoxy) is 2. The van der Waals surface area contributed by atoms with Crippen molar-refractivity contribution in [2.75, 3.05) is 13.2 Å². The van der Waals surface area contributed by atoms with E-state index in [0.717, 1.165) is 5.56 Å². The monoisotopic (exact) mass is 242 g/mol. The predicted molar refractivity (Wildman–Crippen MR) is 63.0 cm³/mol. The molecule has 0 spiro atoms. The van der Waals surface area contributed by atoms with Crippen molar-refractivity contribution in [1.82, 2.24) is 0 Å². The standard InChI is InChI=1S/C12H15ClO3/c1-3-15-11-6-5-9(7-10(11)13)8-12(14)16-4-2/h5-7H,3-4,8H2,1-2H3. The molecule has 0 heterocycles. The Kier molecular flexibility index (Phi) is 5.12. The Morgan fingerprint density at radius 1 is 1.31 bits per heavy atom. The summed E-state index contributed by atoms with van der Waals surface area (Å²) in [5.74, 6) is 0.388. The summed E-state index contributed by atoms with van der Waals surface area (Å²) in [4.78, 5) is 11.2. The molecule has 88 valence electrons. The molecular weight excluding hydrogens is 228 g/mol. The van der Waals surface area contributed by atoms with E-state index in [2.05, 4.69) is 0 Å². The van der Waals surface area contributed by atoms with Crippen LogP contribution in [0.25, 0.3) is 0 Å². The van der Waals surface area contributed by atoms with Crippen LogP contribution in [0.2, 0.25) is 5.02 Å². The highest BCUT2D eigenvalue weighted by Crippen LogP contribution is 2.25. The summed E-state index contributed by atoms with van der Waals surface area (Å²) in [6.45, 7) is 4.63. The number of carbonyl (C=O) groups excluding carboxylic acids is 1. The summed E-state index contributed by atoms with van der Waals surface area (Å²) >= 11 is 5.99. The molecule has 0 bridgehead atoms. The van der Waals surface area contributed by atoms with Crippen LogP contribution in [0, 0.1) is 0 Å². The molecule has 4 heteroatoms. The van der Waals surface area contributed by atoms with Gasteiger partial charge >= 0.3 is 5.97 Å². The van der Waals surface area contributed by atoms with Crippen LogP contribution in [0.5, 0.6) is 5.75 Å². The van der Waals surface area contributed by atoms with Crippen molar-refractivity contribution < 1.29 is 14.3 Å². The SMILES string of the molecule is CCOC(=O)Cc1ccc(OCC)c(Cl)c1. The third kappa shape index (κ3) is 3.74. The summed E-state index contributed by atoms with van der Waals surface area (Å²) in [6, 6.07) is 5.30. The molecule has 0 amide bonds. The van der Waals surface area contributed by atoms with Gasteiger partial charge < -0.3 is 9.47 Å². The van der Waals surface area contributed by atoms with Gasteiger partial charge in [-0.2, -0.15) is 0 Å². The van der Waals surface area contributed by atoms with Crippen LogP contribution < -0.4 is 4.74 Å². The van der Waals surface area contributed by atoms with Crippen LogP contribution in [0.3, 0.4) is 0 Å². The highest BCUT2D eigenvalue weighted by atomic mass is 35.5. The minimum Gasteiger partial charge on any atom is -0.492 e. The summed E-state index contributed by atoms with van der Waals surface area (Å²) < 4.78 is 10.1.